The maximum absolute atomic E-state index is 13.3. The summed E-state index contributed by atoms with van der Waals surface area (Å²) < 4.78 is 5.03. The molecule has 1 aromatic rings. The van der Waals surface area contributed by atoms with E-state index < -0.39 is 29.3 Å². The Bertz CT molecular complexity index is 887. The normalized spacial score (nSPS) is 30.0. The van der Waals surface area contributed by atoms with Gasteiger partial charge in [0.1, 0.15) is 5.54 Å². The van der Waals surface area contributed by atoms with Gasteiger partial charge in [0.15, 0.2) is 0 Å². The molecule has 4 unspecified atom stereocenters. The van der Waals surface area contributed by atoms with E-state index in [-0.39, 0.29) is 37.1 Å². The van der Waals surface area contributed by atoms with Crippen LogP contribution in [0.2, 0.25) is 0 Å². The molecule has 0 aromatic heterocycles. The van der Waals surface area contributed by atoms with Crippen LogP contribution in [0.25, 0.3) is 0 Å². The highest BCUT2D eigenvalue weighted by Gasteiger charge is 2.70. The van der Waals surface area contributed by atoms with Crippen LogP contribution < -0.4 is 16.4 Å². The molecular weight excluding hydrogens is 376 g/mol. The number of ether oxygens (including phenoxy) is 1. The number of para-hydroxylation sites is 1. The molecule has 3 aliphatic rings. The number of nitrogens with zero attached hydrogens (tertiary/aromatic N) is 1. The van der Waals surface area contributed by atoms with Crippen LogP contribution in [0.1, 0.15) is 24.8 Å². The summed E-state index contributed by atoms with van der Waals surface area (Å²) in [4.78, 5) is 52.2. The van der Waals surface area contributed by atoms with Crippen LogP contribution in [0.3, 0.4) is 0 Å². The largest absolute Gasteiger partial charge is 0.385 e. The molecule has 29 heavy (non-hydrogen) atoms. The van der Waals surface area contributed by atoms with E-state index in [0.717, 1.165) is 0 Å². The second-order valence-electron chi connectivity index (χ2n) is 7.74. The minimum absolute atomic E-state index is 0.0609. The van der Waals surface area contributed by atoms with Crippen molar-refractivity contribution in [1.82, 2.24) is 10.2 Å². The molecule has 4 amide bonds. The molecule has 4 N–H and O–H groups in total. The number of primary amides is 1. The van der Waals surface area contributed by atoms with Gasteiger partial charge in [0.25, 0.3) is 0 Å². The van der Waals surface area contributed by atoms with Crippen LogP contribution in [-0.2, 0) is 29.5 Å². The number of anilines is 1. The number of amides is 4. The molecule has 2 fully saturated rings. The first-order chi connectivity index (χ1) is 13.9. The molecule has 0 saturated carbocycles. The maximum Gasteiger partial charge on any atom is 0.250 e. The van der Waals surface area contributed by atoms with Crippen LogP contribution in [0.15, 0.2) is 24.3 Å². The van der Waals surface area contributed by atoms with Crippen LogP contribution in [0.4, 0.5) is 5.69 Å². The Morgan fingerprint density at radius 2 is 2.00 bits per heavy atom. The van der Waals surface area contributed by atoms with Crippen molar-refractivity contribution in [3.05, 3.63) is 29.8 Å². The number of nitrogens with two attached hydrogens (primary N) is 1. The molecular formula is C20H24N4O5. The van der Waals surface area contributed by atoms with Gasteiger partial charge >= 0.3 is 0 Å². The molecule has 154 valence electrons. The number of hydrogen-bond donors (Lipinski definition) is 3. The molecule has 9 nitrogen and oxygen atoms in total. The van der Waals surface area contributed by atoms with Gasteiger partial charge in [-0.05, 0) is 18.9 Å². The number of carbonyl (C=O) groups excluding carboxylic acids is 4. The lowest BCUT2D eigenvalue weighted by Gasteiger charge is -2.29. The molecule has 0 bridgehead atoms. The van der Waals surface area contributed by atoms with Crippen molar-refractivity contribution in [1.29, 1.82) is 0 Å². The lowest BCUT2D eigenvalue weighted by molar-refractivity contribution is -0.143. The number of benzene rings is 1. The standard InChI is InChI=1S/C20H24N4O5/c1-29-10-4-9-24-17(26)15-13(7-8-14(21)25)23-20(16(15)18(24)27)11-5-2-3-6-12(11)22-19(20)28/h2-3,5-6,13,15-16,23H,4,7-10H2,1H3,(H2,21,25)(H,22,28). The van der Waals surface area contributed by atoms with Gasteiger partial charge in [0, 0.05) is 44.0 Å². The highest BCUT2D eigenvalue weighted by atomic mass is 16.5. The van der Waals surface area contributed by atoms with E-state index in [0.29, 0.717) is 24.3 Å². The van der Waals surface area contributed by atoms with Crippen LogP contribution >= 0.6 is 0 Å². The molecule has 3 heterocycles. The quantitative estimate of drug-likeness (QED) is 0.426. The zero-order valence-electron chi connectivity index (χ0n) is 16.1. The molecule has 4 rings (SSSR count). The Balaban J connectivity index is 1.75. The smallest absolute Gasteiger partial charge is 0.250 e. The number of hydrogen-bond acceptors (Lipinski definition) is 6. The molecule has 2 saturated heterocycles. The molecule has 1 aromatic carbocycles. The van der Waals surface area contributed by atoms with Crippen molar-refractivity contribution in [2.75, 3.05) is 25.6 Å². The topological polar surface area (TPSA) is 131 Å². The molecule has 3 aliphatic heterocycles. The van der Waals surface area contributed by atoms with Crippen molar-refractivity contribution in [3.8, 4) is 0 Å². The van der Waals surface area contributed by atoms with E-state index in [1.165, 1.54) is 4.90 Å². The number of nitrogens with one attached hydrogen (secondary N) is 2. The SMILES string of the molecule is COCCCN1C(=O)C2C(CCC(N)=O)NC3(C(=O)Nc4ccccc43)C2C1=O. The maximum atomic E-state index is 13.3. The van der Waals surface area contributed by atoms with Crippen LogP contribution in [-0.4, -0.2) is 54.8 Å². The minimum Gasteiger partial charge on any atom is -0.385 e. The number of rotatable bonds is 7. The number of methoxy groups -OCH3 is 1. The van der Waals surface area contributed by atoms with Gasteiger partial charge in [-0.1, -0.05) is 18.2 Å². The summed E-state index contributed by atoms with van der Waals surface area (Å²) in [6.45, 7) is 0.657. The fourth-order valence-electron chi connectivity index (χ4n) is 4.95. The van der Waals surface area contributed by atoms with Gasteiger partial charge in [0.2, 0.25) is 23.6 Å². The summed E-state index contributed by atoms with van der Waals surface area (Å²) in [5.41, 5.74) is 5.25. The van der Waals surface area contributed by atoms with Gasteiger partial charge in [-0.3, -0.25) is 29.4 Å². The predicted octanol–water partition coefficient (Wildman–Crippen LogP) is -0.291. The Morgan fingerprint density at radius 1 is 1.24 bits per heavy atom. The van der Waals surface area contributed by atoms with E-state index in [2.05, 4.69) is 10.6 Å². The summed E-state index contributed by atoms with van der Waals surface area (Å²) in [5, 5.41) is 6.10. The summed E-state index contributed by atoms with van der Waals surface area (Å²) in [6, 6.07) is 6.65. The molecule has 0 aliphatic carbocycles. The van der Waals surface area contributed by atoms with Gasteiger partial charge in [-0.25, -0.2) is 0 Å². The first kappa shape index (κ1) is 19.5. The average Bonchev–Trinajstić information content (AvgIpc) is 3.27. The lowest BCUT2D eigenvalue weighted by atomic mass is 9.76. The Morgan fingerprint density at radius 3 is 2.72 bits per heavy atom. The first-order valence-corrected chi connectivity index (χ1v) is 9.73. The van der Waals surface area contributed by atoms with Crippen molar-refractivity contribution < 1.29 is 23.9 Å². The fourth-order valence-corrected chi connectivity index (χ4v) is 4.95. The number of likely N-dealkylation sites (tertiary alicyclic amines) is 1. The second-order valence-corrected chi connectivity index (χ2v) is 7.74. The highest BCUT2D eigenvalue weighted by Crippen LogP contribution is 2.53. The van der Waals surface area contributed by atoms with Crippen molar-refractivity contribution in [2.24, 2.45) is 17.6 Å². The van der Waals surface area contributed by atoms with Crippen molar-refractivity contribution in [3.63, 3.8) is 0 Å². The summed E-state index contributed by atoms with van der Waals surface area (Å²) in [7, 11) is 1.56. The Hall–Kier alpha value is -2.78. The third kappa shape index (κ3) is 2.84. The zero-order chi connectivity index (χ0) is 20.8. The number of fused-ring (bicyclic) bond motifs is 4. The predicted molar refractivity (Wildman–Crippen MR) is 102 cm³/mol. The third-order valence-electron chi connectivity index (χ3n) is 6.15. The lowest BCUT2D eigenvalue weighted by Crippen LogP contribution is -2.53. The third-order valence-corrected chi connectivity index (χ3v) is 6.15. The zero-order valence-corrected chi connectivity index (χ0v) is 16.1. The number of imide groups is 1. The molecule has 0 radical (unpaired) electrons. The second kappa shape index (κ2) is 7.23. The molecule has 9 heteroatoms. The van der Waals surface area contributed by atoms with Crippen molar-refractivity contribution >= 4 is 29.3 Å². The van der Waals surface area contributed by atoms with E-state index >= 15 is 0 Å². The first-order valence-electron chi connectivity index (χ1n) is 9.73. The van der Waals surface area contributed by atoms with Crippen LogP contribution in [0, 0.1) is 11.8 Å². The summed E-state index contributed by atoms with van der Waals surface area (Å²) >= 11 is 0. The summed E-state index contributed by atoms with van der Waals surface area (Å²) in [5.74, 6) is -3.10. The van der Waals surface area contributed by atoms with E-state index in [9.17, 15) is 19.2 Å². The van der Waals surface area contributed by atoms with E-state index in [4.69, 9.17) is 10.5 Å². The average molecular weight is 400 g/mol. The molecule has 1 spiro atoms. The van der Waals surface area contributed by atoms with Crippen LogP contribution in [0.5, 0.6) is 0 Å². The van der Waals surface area contributed by atoms with Gasteiger partial charge in [0.05, 0.1) is 11.8 Å². The highest BCUT2D eigenvalue weighted by molar-refractivity contribution is 6.15. The Kier molecular flexibility index (Phi) is 4.87. The monoisotopic (exact) mass is 400 g/mol. The van der Waals surface area contributed by atoms with E-state index in [1.54, 1.807) is 31.4 Å². The van der Waals surface area contributed by atoms with Gasteiger partial charge in [-0.2, -0.15) is 0 Å². The van der Waals surface area contributed by atoms with Crippen molar-refractivity contribution in [2.45, 2.75) is 30.8 Å². The minimum atomic E-state index is -1.33. The molecule has 4 atom stereocenters. The summed E-state index contributed by atoms with van der Waals surface area (Å²) in [6.07, 6.45) is 0.854. The van der Waals surface area contributed by atoms with Gasteiger partial charge in [-0.15, -0.1) is 0 Å². The Labute approximate surface area is 167 Å². The number of carbonyl (C=O) groups is 4. The van der Waals surface area contributed by atoms with E-state index in [1.807, 2.05) is 0 Å². The van der Waals surface area contributed by atoms with Gasteiger partial charge < -0.3 is 15.8 Å². The fraction of sp³-hybridized carbons (Fsp3) is 0.500.